The lowest BCUT2D eigenvalue weighted by atomic mass is 10.0. The zero-order valence-corrected chi connectivity index (χ0v) is 7.83. The van der Waals surface area contributed by atoms with Crippen LogP contribution in [0.25, 0.3) is 5.57 Å². The Kier molecular flexibility index (Phi) is 2.71. The van der Waals surface area contributed by atoms with Gasteiger partial charge in [-0.3, -0.25) is 0 Å². The van der Waals surface area contributed by atoms with Gasteiger partial charge in [0, 0.05) is 5.70 Å². The van der Waals surface area contributed by atoms with Crippen LogP contribution in [-0.4, -0.2) is 0 Å². The highest BCUT2D eigenvalue weighted by Gasteiger charge is 2.04. The van der Waals surface area contributed by atoms with Crippen LogP contribution in [-0.2, 0) is 0 Å². The molecule has 2 nitrogen and oxygen atoms in total. The summed E-state index contributed by atoms with van der Waals surface area (Å²) in [5.41, 5.74) is 8.73. The van der Waals surface area contributed by atoms with E-state index in [-0.39, 0.29) is 0 Å². The molecule has 0 atom stereocenters. The second-order valence-corrected chi connectivity index (χ2v) is 2.98. The zero-order chi connectivity index (χ0) is 9.84. The molecule has 2 heteroatoms. The van der Waals surface area contributed by atoms with Crippen molar-refractivity contribution in [2.75, 3.05) is 0 Å². The Morgan fingerprint density at radius 1 is 1.38 bits per heavy atom. The number of hydrogen-bond donors (Lipinski definition) is 1. The van der Waals surface area contributed by atoms with Crippen molar-refractivity contribution in [3.63, 3.8) is 0 Å². The highest BCUT2D eigenvalue weighted by Crippen LogP contribution is 2.19. The van der Waals surface area contributed by atoms with Crippen molar-refractivity contribution in [1.82, 2.24) is 0 Å². The molecule has 0 aromatic heterocycles. The standard InChI is InChI=1S/C11H12N2/c1-8-5-3-4-6-10(8)11(7-12)9(2)13/h3-6H,13H2,1-2H3/b11-9-. The fourth-order valence-corrected chi connectivity index (χ4v) is 1.21. The third-order valence-electron chi connectivity index (χ3n) is 1.92. The molecule has 66 valence electrons. The van der Waals surface area contributed by atoms with Crippen LogP contribution in [0.2, 0.25) is 0 Å². The van der Waals surface area contributed by atoms with E-state index in [1.807, 2.05) is 31.2 Å². The van der Waals surface area contributed by atoms with E-state index in [1.54, 1.807) is 6.92 Å². The van der Waals surface area contributed by atoms with E-state index in [9.17, 15) is 0 Å². The molecule has 0 bridgehead atoms. The van der Waals surface area contributed by atoms with E-state index in [4.69, 9.17) is 11.0 Å². The fraction of sp³-hybridized carbons (Fsp3) is 0.182. The average Bonchev–Trinajstić information content (AvgIpc) is 2.09. The number of nitrogens with zero attached hydrogens (tertiary/aromatic N) is 1. The summed E-state index contributed by atoms with van der Waals surface area (Å²) in [6.45, 7) is 3.71. The zero-order valence-electron chi connectivity index (χ0n) is 7.83. The number of nitriles is 1. The summed E-state index contributed by atoms with van der Waals surface area (Å²) in [6.07, 6.45) is 0. The molecule has 0 saturated heterocycles. The van der Waals surface area contributed by atoms with Gasteiger partial charge in [-0.05, 0) is 25.0 Å². The summed E-state index contributed by atoms with van der Waals surface area (Å²) >= 11 is 0. The first-order chi connectivity index (χ1) is 6.16. The molecule has 13 heavy (non-hydrogen) atoms. The number of hydrogen-bond acceptors (Lipinski definition) is 2. The van der Waals surface area contributed by atoms with E-state index in [1.165, 1.54) is 0 Å². The largest absolute Gasteiger partial charge is 0.401 e. The molecule has 1 aromatic carbocycles. The minimum Gasteiger partial charge on any atom is -0.401 e. The topological polar surface area (TPSA) is 49.8 Å². The number of benzene rings is 1. The smallest absolute Gasteiger partial charge is 0.102 e. The summed E-state index contributed by atoms with van der Waals surface area (Å²) < 4.78 is 0. The van der Waals surface area contributed by atoms with E-state index < -0.39 is 0 Å². The lowest BCUT2D eigenvalue weighted by Gasteiger charge is -2.04. The predicted molar refractivity (Wildman–Crippen MR) is 53.6 cm³/mol. The Bertz CT molecular complexity index is 379. The first-order valence-corrected chi connectivity index (χ1v) is 4.09. The van der Waals surface area contributed by atoms with Gasteiger partial charge in [0.05, 0.1) is 5.57 Å². The summed E-state index contributed by atoms with van der Waals surface area (Å²) in [5.74, 6) is 0. The molecule has 0 fully saturated rings. The first kappa shape index (κ1) is 9.34. The molecule has 2 N–H and O–H groups in total. The predicted octanol–water partition coefficient (Wildman–Crippen LogP) is 2.21. The summed E-state index contributed by atoms with van der Waals surface area (Å²) in [4.78, 5) is 0. The van der Waals surface area contributed by atoms with Crippen molar-refractivity contribution in [3.05, 3.63) is 41.1 Å². The summed E-state index contributed by atoms with van der Waals surface area (Å²) in [7, 11) is 0. The van der Waals surface area contributed by atoms with Gasteiger partial charge in [-0.2, -0.15) is 5.26 Å². The fourth-order valence-electron chi connectivity index (χ4n) is 1.21. The maximum atomic E-state index is 8.89. The van der Waals surface area contributed by atoms with Crippen LogP contribution in [0.5, 0.6) is 0 Å². The second kappa shape index (κ2) is 3.77. The molecule has 0 aliphatic carbocycles. The van der Waals surface area contributed by atoms with Crippen molar-refractivity contribution >= 4 is 5.57 Å². The molecule has 1 rings (SSSR count). The Hall–Kier alpha value is -1.75. The van der Waals surface area contributed by atoms with Gasteiger partial charge in [-0.1, -0.05) is 24.3 Å². The number of nitrogens with two attached hydrogens (primary N) is 1. The van der Waals surface area contributed by atoms with Gasteiger partial charge in [0.25, 0.3) is 0 Å². The molecule has 0 aliphatic heterocycles. The maximum absolute atomic E-state index is 8.89. The molecular weight excluding hydrogens is 160 g/mol. The molecule has 0 saturated carbocycles. The molecular formula is C11H12N2. The first-order valence-electron chi connectivity index (χ1n) is 4.09. The van der Waals surface area contributed by atoms with Gasteiger partial charge < -0.3 is 5.73 Å². The molecule has 0 aliphatic rings. The van der Waals surface area contributed by atoms with Gasteiger partial charge in [0.2, 0.25) is 0 Å². The van der Waals surface area contributed by atoms with Gasteiger partial charge >= 0.3 is 0 Å². The van der Waals surface area contributed by atoms with E-state index in [2.05, 4.69) is 6.07 Å². The third-order valence-corrected chi connectivity index (χ3v) is 1.92. The number of allylic oxidation sites excluding steroid dienone is 2. The Balaban J connectivity index is 3.32. The monoisotopic (exact) mass is 172 g/mol. The van der Waals surface area contributed by atoms with E-state index >= 15 is 0 Å². The SMILES string of the molecule is C/C(N)=C(\C#N)c1ccccc1C. The number of rotatable bonds is 1. The van der Waals surface area contributed by atoms with Crippen LogP contribution in [0, 0.1) is 18.3 Å². The Morgan fingerprint density at radius 3 is 2.46 bits per heavy atom. The van der Waals surface area contributed by atoms with E-state index in [0.29, 0.717) is 11.3 Å². The van der Waals surface area contributed by atoms with Crippen LogP contribution in [0.3, 0.4) is 0 Å². The third kappa shape index (κ3) is 1.88. The van der Waals surface area contributed by atoms with Crippen LogP contribution in [0.1, 0.15) is 18.1 Å². The minimum absolute atomic E-state index is 0.566. The van der Waals surface area contributed by atoms with Gasteiger partial charge in [-0.25, -0.2) is 0 Å². The lowest BCUT2D eigenvalue weighted by molar-refractivity contribution is 1.30. The van der Waals surface area contributed by atoms with Crippen LogP contribution in [0.15, 0.2) is 30.0 Å². The molecule has 0 radical (unpaired) electrons. The van der Waals surface area contributed by atoms with Crippen molar-refractivity contribution in [3.8, 4) is 6.07 Å². The average molecular weight is 172 g/mol. The molecule has 0 unspecified atom stereocenters. The van der Waals surface area contributed by atoms with E-state index in [0.717, 1.165) is 11.1 Å². The van der Waals surface area contributed by atoms with Crippen LogP contribution in [0.4, 0.5) is 0 Å². The quantitative estimate of drug-likeness (QED) is 0.660. The van der Waals surface area contributed by atoms with Crippen molar-refractivity contribution in [1.29, 1.82) is 5.26 Å². The van der Waals surface area contributed by atoms with Crippen LogP contribution < -0.4 is 5.73 Å². The Morgan fingerprint density at radius 2 is 2.00 bits per heavy atom. The van der Waals surface area contributed by atoms with Gasteiger partial charge in [0.15, 0.2) is 0 Å². The van der Waals surface area contributed by atoms with Crippen molar-refractivity contribution in [2.45, 2.75) is 13.8 Å². The summed E-state index contributed by atoms with van der Waals surface area (Å²) in [5, 5.41) is 8.89. The van der Waals surface area contributed by atoms with Crippen molar-refractivity contribution in [2.24, 2.45) is 5.73 Å². The maximum Gasteiger partial charge on any atom is 0.102 e. The van der Waals surface area contributed by atoms with Gasteiger partial charge in [-0.15, -0.1) is 0 Å². The normalized spacial score (nSPS) is 11.8. The highest BCUT2D eigenvalue weighted by atomic mass is 14.6. The van der Waals surface area contributed by atoms with Crippen LogP contribution >= 0.6 is 0 Å². The molecule has 0 amide bonds. The Labute approximate surface area is 78.3 Å². The second-order valence-electron chi connectivity index (χ2n) is 2.98. The van der Waals surface area contributed by atoms with Crippen molar-refractivity contribution < 1.29 is 0 Å². The molecule has 0 heterocycles. The molecule has 0 spiro atoms. The number of aryl methyl sites for hydroxylation is 1. The highest BCUT2D eigenvalue weighted by molar-refractivity contribution is 5.80. The van der Waals surface area contributed by atoms with Gasteiger partial charge in [0.1, 0.15) is 6.07 Å². The molecule has 1 aromatic rings. The lowest BCUT2D eigenvalue weighted by Crippen LogP contribution is -1.97. The summed E-state index contributed by atoms with van der Waals surface area (Å²) in [6, 6.07) is 9.84. The minimum atomic E-state index is 0.566.